The van der Waals surface area contributed by atoms with E-state index in [-0.39, 0.29) is 11.8 Å². The first-order chi connectivity index (χ1) is 15.2. The number of benzene rings is 3. The SMILES string of the molecule is C=C(COc1cccc2ccccc12)CN(CCc1ccc(O)cc1)C(=O)OC(C)(C)C. The smallest absolute Gasteiger partial charge is 0.410 e. The molecule has 0 aromatic heterocycles. The number of hydrogen-bond donors (Lipinski definition) is 1. The Morgan fingerprint density at radius 3 is 2.41 bits per heavy atom. The van der Waals surface area contributed by atoms with Crippen molar-refractivity contribution in [3.8, 4) is 11.5 Å². The van der Waals surface area contributed by atoms with Gasteiger partial charge in [0.1, 0.15) is 23.7 Å². The molecule has 0 aliphatic rings. The van der Waals surface area contributed by atoms with E-state index in [4.69, 9.17) is 9.47 Å². The number of ether oxygens (including phenoxy) is 2. The molecule has 0 atom stereocenters. The first kappa shape index (κ1) is 23.2. The van der Waals surface area contributed by atoms with Gasteiger partial charge in [0.05, 0.1) is 0 Å². The molecule has 32 heavy (non-hydrogen) atoms. The van der Waals surface area contributed by atoms with Crippen molar-refractivity contribution in [3.63, 3.8) is 0 Å². The molecule has 0 spiro atoms. The van der Waals surface area contributed by atoms with Gasteiger partial charge in [-0.15, -0.1) is 0 Å². The number of aromatic hydroxyl groups is 1. The van der Waals surface area contributed by atoms with Crippen LogP contribution in [0, 0.1) is 0 Å². The minimum absolute atomic E-state index is 0.219. The summed E-state index contributed by atoms with van der Waals surface area (Å²) in [4.78, 5) is 14.4. The Kier molecular flexibility index (Phi) is 7.41. The van der Waals surface area contributed by atoms with E-state index >= 15 is 0 Å². The van der Waals surface area contributed by atoms with Crippen molar-refractivity contribution in [3.05, 3.63) is 84.4 Å². The van der Waals surface area contributed by atoms with E-state index in [0.29, 0.717) is 26.1 Å². The second-order valence-corrected chi connectivity index (χ2v) is 8.83. The zero-order valence-corrected chi connectivity index (χ0v) is 19.0. The first-order valence-corrected chi connectivity index (χ1v) is 10.7. The van der Waals surface area contributed by atoms with Crippen LogP contribution in [0.2, 0.25) is 0 Å². The fourth-order valence-corrected chi connectivity index (χ4v) is 3.30. The Morgan fingerprint density at radius 1 is 1.00 bits per heavy atom. The van der Waals surface area contributed by atoms with Crippen LogP contribution in [0.3, 0.4) is 0 Å². The van der Waals surface area contributed by atoms with Crippen molar-refractivity contribution in [1.29, 1.82) is 0 Å². The van der Waals surface area contributed by atoms with E-state index in [1.165, 1.54) is 0 Å². The lowest BCUT2D eigenvalue weighted by molar-refractivity contribution is 0.0266. The summed E-state index contributed by atoms with van der Waals surface area (Å²) in [6.45, 7) is 10.8. The number of carbonyl (C=O) groups excluding carboxylic acids is 1. The van der Waals surface area contributed by atoms with Crippen LogP contribution in [0.4, 0.5) is 4.79 Å². The van der Waals surface area contributed by atoms with E-state index in [9.17, 15) is 9.90 Å². The molecule has 1 amide bonds. The molecule has 3 aromatic rings. The summed E-state index contributed by atoms with van der Waals surface area (Å²) < 4.78 is 11.6. The number of fused-ring (bicyclic) bond motifs is 1. The molecule has 5 nitrogen and oxygen atoms in total. The predicted molar refractivity (Wildman–Crippen MR) is 128 cm³/mol. The average Bonchev–Trinajstić information content (AvgIpc) is 2.75. The molecule has 168 valence electrons. The van der Waals surface area contributed by atoms with Crippen molar-refractivity contribution in [2.75, 3.05) is 19.7 Å². The standard InChI is InChI=1S/C27H31NO4/c1-20(19-31-25-11-7-9-22-8-5-6-10-24(22)25)18-28(26(30)32-27(2,3)4)17-16-21-12-14-23(29)15-13-21/h5-15,29H,1,16-19H2,2-4H3. The lowest BCUT2D eigenvalue weighted by Crippen LogP contribution is -2.39. The quantitative estimate of drug-likeness (QED) is 0.445. The summed E-state index contributed by atoms with van der Waals surface area (Å²) in [5.41, 5.74) is 1.21. The monoisotopic (exact) mass is 433 g/mol. The van der Waals surface area contributed by atoms with Gasteiger partial charge in [-0.05, 0) is 61.9 Å². The van der Waals surface area contributed by atoms with Crippen LogP contribution >= 0.6 is 0 Å². The van der Waals surface area contributed by atoms with E-state index in [1.807, 2.05) is 75.4 Å². The Labute approximate surface area is 189 Å². The largest absolute Gasteiger partial charge is 0.508 e. The molecular formula is C27H31NO4. The maximum absolute atomic E-state index is 12.8. The van der Waals surface area contributed by atoms with Gasteiger partial charge in [0.2, 0.25) is 0 Å². The number of amides is 1. The van der Waals surface area contributed by atoms with E-state index in [1.54, 1.807) is 17.0 Å². The highest BCUT2D eigenvalue weighted by atomic mass is 16.6. The van der Waals surface area contributed by atoms with Gasteiger partial charge in [-0.25, -0.2) is 4.79 Å². The maximum Gasteiger partial charge on any atom is 0.410 e. The van der Waals surface area contributed by atoms with Crippen LogP contribution in [-0.2, 0) is 11.2 Å². The fourth-order valence-electron chi connectivity index (χ4n) is 3.30. The lowest BCUT2D eigenvalue weighted by Gasteiger charge is -2.28. The number of carbonyl (C=O) groups is 1. The van der Waals surface area contributed by atoms with Crippen molar-refractivity contribution in [1.82, 2.24) is 4.90 Å². The number of nitrogens with zero attached hydrogens (tertiary/aromatic N) is 1. The topological polar surface area (TPSA) is 59.0 Å². The predicted octanol–water partition coefficient (Wildman–Crippen LogP) is 5.96. The van der Waals surface area contributed by atoms with Crippen molar-refractivity contribution in [2.45, 2.75) is 32.8 Å². The van der Waals surface area contributed by atoms with Gasteiger partial charge in [0.15, 0.2) is 0 Å². The average molecular weight is 434 g/mol. The van der Waals surface area contributed by atoms with Gasteiger partial charge in [0, 0.05) is 18.5 Å². The second kappa shape index (κ2) is 10.2. The zero-order valence-electron chi connectivity index (χ0n) is 19.0. The van der Waals surface area contributed by atoms with E-state index < -0.39 is 5.60 Å². The number of hydrogen-bond acceptors (Lipinski definition) is 4. The highest BCUT2D eigenvalue weighted by molar-refractivity contribution is 5.88. The summed E-state index contributed by atoms with van der Waals surface area (Å²) in [7, 11) is 0. The summed E-state index contributed by atoms with van der Waals surface area (Å²) in [6, 6.07) is 21.0. The van der Waals surface area contributed by atoms with Crippen molar-refractivity contribution < 1.29 is 19.4 Å². The van der Waals surface area contributed by atoms with Gasteiger partial charge < -0.3 is 19.5 Å². The number of phenolic OH excluding ortho intramolecular Hbond substituents is 1. The maximum atomic E-state index is 12.8. The van der Waals surface area contributed by atoms with Gasteiger partial charge in [-0.1, -0.05) is 55.1 Å². The zero-order chi connectivity index (χ0) is 23.1. The van der Waals surface area contributed by atoms with Crippen LogP contribution in [0.1, 0.15) is 26.3 Å². The molecule has 0 aliphatic carbocycles. The molecule has 0 saturated heterocycles. The molecule has 3 aromatic carbocycles. The fraction of sp³-hybridized carbons (Fsp3) is 0.296. The molecule has 0 aliphatic heterocycles. The highest BCUT2D eigenvalue weighted by Gasteiger charge is 2.22. The lowest BCUT2D eigenvalue weighted by atomic mass is 10.1. The van der Waals surface area contributed by atoms with Crippen molar-refractivity contribution >= 4 is 16.9 Å². The molecule has 5 heteroatoms. The normalized spacial score (nSPS) is 11.2. The Balaban J connectivity index is 1.64. The minimum atomic E-state index is -0.589. The summed E-state index contributed by atoms with van der Waals surface area (Å²) in [5, 5.41) is 11.6. The molecule has 3 rings (SSSR count). The summed E-state index contributed by atoms with van der Waals surface area (Å²) in [6.07, 6.45) is 0.249. The van der Waals surface area contributed by atoms with Gasteiger partial charge in [0.25, 0.3) is 0 Å². The minimum Gasteiger partial charge on any atom is -0.508 e. The van der Waals surface area contributed by atoms with Crippen LogP contribution in [-0.4, -0.2) is 41.4 Å². The molecule has 0 saturated carbocycles. The molecular weight excluding hydrogens is 402 g/mol. The Bertz CT molecular complexity index is 1060. The third kappa shape index (κ3) is 6.77. The van der Waals surface area contributed by atoms with Crippen molar-refractivity contribution in [2.24, 2.45) is 0 Å². The van der Waals surface area contributed by atoms with Crippen LogP contribution < -0.4 is 4.74 Å². The Morgan fingerprint density at radius 2 is 1.69 bits per heavy atom. The number of rotatable bonds is 8. The van der Waals surface area contributed by atoms with Crippen LogP contribution in [0.25, 0.3) is 10.8 Å². The van der Waals surface area contributed by atoms with E-state index in [0.717, 1.165) is 27.7 Å². The second-order valence-electron chi connectivity index (χ2n) is 8.83. The Hall–Kier alpha value is -3.47. The molecule has 0 heterocycles. The van der Waals surface area contributed by atoms with Crippen LogP contribution in [0.15, 0.2) is 78.9 Å². The molecule has 0 fully saturated rings. The molecule has 0 unspecified atom stereocenters. The van der Waals surface area contributed by atoms with Gasteiger partial charge in [-0.3, -0.25) is 0 Å². The summed E-state index contributed by atoms with van der Waals surface area (Å²) >= 11 is 0. The summed E-state index contributed by atoms with van der Waals surface area (Å²) in [5.74, 6) is 1.01. The third-order valence-electron chi connectivity index (χ3n) is 4.85. The number of phenols is 1. The third-order valence-corrected chi connectivity index (χ3v) is 4.85. The molecule has 1 N–H and O–H groups in total. The molecule has 0 bridgehead atoms. The van der Waals surface area contributed by atoms with E-state index in [2.05, 4.69) is 6.58 Å². The highest BCUT2D eigenvalue weighted by Crippen LogP contribution is 2.25. The van der Waals surface area contributed by atoms with Crippen LogP contribution in [0.5, 0.6) is 11.5 Å². The van der Waals surface area contributed by atoms with Gasteiger partial charge >= 0.3 is 6.09 Å². The molecule has 0 radical (unpaired) electrons. The van der Waals surface area contributed by atoms with Gasteiger partial charge in [-0.2, -0.15) is 0 Å². The first-order valence-electron chi connectivity index (χ1n) is 10.7.